The Balaban J connectivity index is 1.92. The fourth-order valence-corrected chi connectivity index (χ4v) is 4.18. The molecule has 2 bridgehead atoms. The SMILES string of the molecule is Nc1ccc2c(c1)C1c3ccccc3C2c2ccccc21. The van der Waals surface area contributed by atoms with Crippen LogP contribution in [-0.4, -0.2) is 0 Å². The van der Waals surface area contributed by atoms with E-state index in [2.05, 4.69) is 60.7 Å². The van der Waals surface area contributed by atoms with E-state index in [1.54, 1.807) is 0 Å². The maximum Gasteiger partial charge on any atom is 0.0349 e. The summed E-state index contributed by atoms with van der Waals surface area (Å²) in [6.45, 7) is 0. The minimum Gasteiger partial charge on any atom is -0.399 e. The van der Waals surface area contributed by atoms with Gasteiger partial charge in [0.25, 0.3) is 0 Å². The highest BCUT2D eigenvalue weighted by Crippen LogP contribution is 2.55. The van der Waals surface area contributed by atoms with Gasteiger partial charge < -0.3 is 5.73 Å². The summed E-state index contributed by atoms with van der Waals surface area (Å²) < 4.78 is 0. The fraction of sp³-hybridized carbons (Fsp3) is 0.100. The molecule has 0 spiro atoms. The highest BCUT2D eigenvalue weighted by Gasteiger charge is 2.40. The van der Waals surface area contributed by atoms with Gasteiger partial charge in [-0.25, -0.2) is 0 Å². The summed E-state index contributed by atoms with van der Waals surface area (Å²) in [7, 11) is 0. The number of nitrogen functional groups attached to an aromatic ring is 1. The van der Waals surface area contributed by atoms with Gasteiger partial charge >= 0.3 is 0 Å². The van der Waals surface area contributed by atoms with Crippen LogP contribution in [0.2, 0.25) is 0 Å². The molecule has 0 atom stereocenters. The van der Waals surface area contributed by atoms with E-state index < -0.39 is 0 Å². The third-order valence-electron chi connectivity index (χ3n) is 4.97. The molecule has 0 amide bonds. The number of hydrogen-bond donors (Lipinski definition) is 1. The van der Waals surface area contributed by atoms with Gasteiger partial charge in [0.2, 0.25) is 0 Å². The van der Waals surface area contributed by atoms with Crippen molar-refractivity contribution >= 4 is 5.69 Å². The van der Waals surface area contributed by atoms with E-state index in [0.717, 1.165) is 5.69 Å². The highest BCUT2D eigenvalue weighted by atomic mass is 14.6. The van der Waals surface area contributed by atoms with Crippen LogP contribution in [0.5, 0.6) is 0 Å². The lowest BCUT2D eigenvalue weighted by Gasteiger charge is -2.42. The van der Waals surface area contributed by atoms with Crippen molar-refractivity contribution in [3.8, 4) is 0 Å². The zero-order valence-corrected chi connectivity index (χ0v) is 11.6. The van der Waals surface area contributed by atoms with Crippen LogP contribution in [0, 0.1) is 0 Å². The van der Waals surface area contributed by atoms with E-state index in [1.165, 1.54) is 33.4 Å². The molecule has 3 aliphatic carbocycles. The van der Waals surface area contributed by atoms with Gasteiger partial charge in [0, 0.05) is 17.5 Å². The van der Waals surface area contributed by atoms with E-state index in [1.807, 2.05) is 6.07 Å². The van der Waals surface area contributed by atoms with Crippen molar-refractivity contribution in [1.29, 1.82) is 0 Å². The Morgan fingerprint density at radius 2 is 0.952 bits per heavy atom. The molecule has 3 aromatic carbocycles. The molecule has 1 heteroatoms. The number of benzene rings is 3. The number of anilines is 1. The predicted octanol–water partition coefficient (Wildman–Crippen LogP) is 4.26. The van der Waals surface area contributed by atoms with Crippen molar-refractivity contribution in [2.24, 2.45) is 0 Å². The smallest absolute Gasteiger partial charge is 0.0349 e. The lowest BCUT2D eigenvalue weighted by atomic mass is 9.61. The fourth-order valence-electron chi connectivity index (χ4n) is 4.18. The van der Waals surface area contributed by atoms with Gasteiger partial charge in [-0.3, -0.25) is 0 Å². The van der Waals surface area contributed by atoms with Crippen LogP contribution in [0.25, 0.3) is 0 Å². The first-order chi connectivity index (χ1) is 10.3. The summed E-state index contributed by atoms with van der Waals surface area (Å²) in [5.41, 5.74) is 15.5. The quantitative estimate of drug-likeness (QED) is 0.418. The molecule has 0 aromatic heterocycles. The summed E-state index contributed by atoms with van der Waals surface area (Å²) >= 11 is 0. The van der Waals surface area contributed by atoms with Crippen molar-refractivity contribution in [2.75, 3.05) is 5.73 Å². The van der Waals surface area contributed by atoms with E-state index in [4.69, 9.17) is 5.73 Å². The third-order valence-corrected chi connectivity index (χ3v) is 4.97. The van der Waals surface area contributed by atoms with Gasteiger partial charge in [0.1, 0.15) is 0 Å². The Bertz CT molecular complexity index is 831. The Hall–Kier alpha value is -2.54. The number of rotatable bonds is 0. The monoisotopic (exact) mass is 269 g/mol. The molecule has 1 nitrogen and oxygen atoms in total. The average Bonchev–Trinajstić information content (AvgIpc) is 2.54. The van der Waals surface area contributed by atoms with Gasteiger partial charge in [-0.2, -0.15) is 0 Å². The zero-order chi connectivity index (χ0) is 14.0. The number of nitrogens with two attached hydrogens (primary N) is 1. The Kier molecular flexibility index (Phi) is 2.00. The highest BCUT2D eigenvalue weighted by molar-refractivity contribution is 5.69. The molecule has 3 aliphatic rings. The number of hydrogen-bond acceptors (Lipinski definition) is 1. The van der Waals surface area contributed by atoms with Crippen LogP contribution in [0.15, 0.2) is 66.7 Å². The topological polar surface area (TPSA) is 26.0 Å². The van der Waals surface area contributed by atoms with Crippen molar-refractivity contribution in [3.05, 3.63) is 100 Å². The molecule has 0 radical (unpaired) electrons. The van der Waals surface area contributed by atoms with Crippen LogP contribution < -0.4 is 5.73 Å². The third kappa shape index (κ3) is 1.31. The zero-order valence-electron chi connectivity index (χ0n) is 11.6. The van der Waals surface area contributed by atoms with Crippen LogP contribution in [0.4, 0.5) is 5.69 Å². The molecule has 3 aromatic rings. The molecule has 2 N–H and O–H groups in total. The minimum atomic E-state index is 0.334. The van der Waals surface area contributed by atoms with Crippen LogP contribution in [-0.2, 0) is 0 Å². The summed E-state index contributed by atoms with van der Waals surface area (Å²) in [5.74, 6) is 0.693. The molecule has 0 fully saturated rings. The summed E-state index contributed by atoms with van der Waals surface area (Å²) in [4.78, 5) is 0. The van der Waals surface area contributed by atoms with Crippen molar-refractivity contribution in [1.82, 2.24) is 0 Å². The van der Waals surface area contributed by atoms with E-state index in [9.17, 15) is 0 Å². The Morgan fingerprint density at radius 3 is 1.48 bits per heavy atom. The molecule has 21 heavy (non-hydrogen) atoms. The lowest BCUT2D eigenvalue weighted by Crippen LogP contribution is -2.27. The van der Waals surface area contributed by atoms with Crippen molar-refractivity contribution < 1.29 is 0 Å². The molecule has 0 aliphatic heterocycles. The van der Waals surface area contributed by atoms with Crippen LogP contribution in [0.3, 0.4) is 0 Å². The van der Waals surface area contributed by atoms with Gasteiger partial charge in [-0.05, 0) is 45.5 Å². The second-order valence-corrected chi connectivity index (χ2v) is 6.01. The summed E-state index contributed by atoms with van der Waals surface area (Å²) in [5, 5.41) is 0. The predicted molar refractivity (Wildman–Crippen MR) is 85.6 cm³/mol. The molecule has 0 saturated heterocycles. The standard InChI is InChI=1S/C20H15N/c21-12-9-10-17-18(11-12)20-15-7-3-1-5-13(15)19(17)14-6-2-4-8-16(14)20/h1-11,19-20H,21H2. The van der Waals surface area contributed by atoms with Gasteiger partial charge in [-0.15, -0.1) is 0 Å². The maximum atomic E-state index is 6.05. The first-order valence-corrected chi connectivity index (χ1v) is 7.41. The Morgan fingerprint density at radius 1 is 0.524 bits per heavy atom. The largest absolute Gasteiger partial charge is 0.399 e. The molecule has 0 saturated carbocycles. The maximum absolute atomic E-state index is 6.05. The van der Waals surface area contributed by atoms with Crippen molar-refractivity contribution in [3.63, 3.8) is 0 Å². The molecule has 6 rings (SSSR count). The lowest BCUT2D eigenvalue weighted by molar-refractivity contribution is 0.755. The molecular weight excluding hydrogens is 254 g/mol. The van der Waals surface area contributed by atoms with E-state index >= 15 is 0 Å². The summed E-state index contributed by atoms with van der Waals surface area (Å²) in [6, 6.07) is 24.1. The average molecular weight is 269 g/mol. The normalized spacial score (nSPS) is 20.6. The van der Waals surface area contributed by atoms with Crippen LogP contribution >= 0.6 is 0 Å². The van der Waals surface area contributed by atoms with Gasteiger partial charge in [0.15, 0.2) is 0 Å². The minimum absolute atomic E-state index is 0.334. The Labute approximate surface area is 124 Å². The van der Waals surface area contributed by atoms with Gasteiger partial charge in [-0.1, -0.05) is 54.6 Å². The second kappa shape index (κ2) is 3.76. The summed E-state index contributed by atoms with van der Waals surface area (Å²) in [6.07, 6.45) is 0. The van der Waals surface area contributed by atoms with E-state index in [-0.39, 0.29) is 0 Å². The second-order valence-electron chi connectivity index (χ2n) is 6.01. The van der Waals surface area contributed by atoms with Gasteiger partial charge in [0.05, 0.1) is 0 Å². The molecule has 0 heterocycles. The molecule has 100 valence electrons. The first-order valence-electron chi connectivity index (χ1n) is 7.41. The first kappa shape index (κ1) is 11.2. The van der Waals surface area contributed by atoms with Crippen molar-refractivity contribution in [2.45, 2.75) is 11.8 Å². The molecular formula is C20H15N. The van der Waals surface area contributed by atoms with Crippen LogP contribution in [0.1, 0.15) is 45.2 Å². The van der Waals surface area contributed by atoms with E-state index in [0.29, 0.717) is 11.8 Å². The molecule has 0 unspecified atom stereocenters.